The van der Waals surface area contributed by atoms with Gasteiger partial charge in [0.25, 0.3) is 5.91 Å². The standard InChI is InChI=1S/C16H22N2O4/c1-12(19)18-14-9-7-13(8-10-14)16(22)17-11-5-3-2-4-6-15(20)21/h7-10H,2-6,11H2,1H3,(H,17,22)(H,18,19)(H,20,21). The molecule has 2 amide bonds. The molecule has 0 aliphatic rings. The molecular formula is C16H22N2O4. The van der Waals surface area contributed by atoms with E-state index >= 15 is 0 Å². The second-order valence-electron chi connectivity index (χ2n) is 5.07. The van der Waals surface area contributed by atoms with Gasteiger partial charge in [-0.25, -0.2) is 0 Å². The van der Waals surface area contributed by atoms with E-state index in [1.54, 1.807) is 24.3 Å². The maximum atomic E-state index is 11.9. The van der Waals surface area contributed by atoms with Crippen LogP contribution in [0.25, 0.3) is 0 Å². The van der Waals surface area contributed by atoms with Gasteiger partial charge in [0.2, 0.25) is 5.91 Å². The molecule has 1 aromatic rings. The Bertz CT molecular complexity index is 511. The highest BCUT2D eigenvalue weighted by atomic mass is 16.4. The van der Waals surface area contributed by atoms with Crippen molar-refractivity contribution in [1.82, 2.24) is 5.32 Å². The summed E-state index contributed by atoms with van der Waals surface area (Å²) in [5.41, 5.74) is 1.20. The molecule has 0 bridgehead atoms. The van der Waals surface area contributed by atoms with Crippen LogP contribution in [-0.4, -0.2) is 29.4 Å². The van der Waals surface area contributed by atoms with Crippen LogP contribution >= 0.6 is 0 Å². The summed E-state index contributed by atoms with van der Waals surface area (Å²) in [7, 11) is 0. The lowest BCUT2D eigenvalue weighted by Crippen LogP contribution is -2.24. The van der Waals surface area contributed by atoms with Gasteiger partial charge in [0, 0.05) is 31.1 Å². The van der Waals surface area contributed by atoms with Crippen LogP contribution in [0.3, 0.4) is 0 Å². The molecule has 0 aromatic heterocycles. The van der Waals surface area contributed by atoms with E-state index < -0.39 is 5.97 Å². The van der Waals surface area contributed by atoms with Crippen LogP contribution in [0.1, 0.15) is 49.4 Å². The van der Waals surface area contributed by atoms with E-state index in [4.69, 9.17) is 5.11 Å². The fraction of sp³-hybridized carbons (Fsp3) is 0.438. The predicted molar refractivity (Wildman–Crippen MR) is 83.8 cm³/mol. The molecule has 0 saturated carbocycles. The minimum absolute atomic E-state index is 0.153. The molecule has 3 N–H and O–H groups in total. The summed E-state index contributed by atoms with van der Waals surface area (Å²) in [6.45, 7) is 2.00. The summed E-state index contributed by atoms with van der Waals surface area (Å²) in [6.07, 6.45) is 3.46. The first kappa shape index (κ1) is 17.7. The van der Waals surface area contributed by atoms with Gasteiger partial charge in [-0.15, -0.1) is 0 Å². The van der Waals surface area contributed by atoms with Crippen LogP contribution in [-0.2, 0) is 9.59 Å². The Hall–Kier alpha value is -2.37. The summed E-state index contributed by atoms with van der Waals surface area (Å²) >= 11 is 0. The molecular weight excluding hydrogens is 284 g/mol. The molecule has 0 heterocycles. The Morgan fingerprint density at radius 3 is 2.23 bits per heavy atom. The van der Waals surface area contributed by atoms with Crippen LogP contribution in [0.5, 0.6) is 0 Å². The zero-order valence-electron chi connectivity index (χ0n) is 12.7. The van der Waals surface area contributed by atoms with Crippen molar-refractivity contribution in [2.24, 2.45) is 0 Å². The first-order chi connectivity index (χ1) is 10.5. The van der Waals surface area contributed by atoms with Gasteiger partial charge >= 0.3 is 5.97 Å². The van der Waals surface area contributed by atoms with Crippen molar-refractivity contribution in [3.63, 3.8) is 0 Å². The molecule has 6 heteroatoms. The molecule has 0 saturated heterocycles. The molecule has 0 unspecified atom stereocenters. The third-order valence-electron chi connectivity index (χ3n) is 3.07. The van der Waals surface area contributed by atoms with Crippen molar-refractivity contribution in [2.45, 2.75) is 39.0 Å². The molecule has 0 aliphatic heterocycles. The number of aliphatic carboxylic acids is 1. The molecule has 0 spiro atoms. The number of benzene rings is 1. The highest BCUT2D eigenvalue weighted by Crippen LogP contribution is 2.09. The average Bonchev–Trinajstić information content (AvgIpc) is 2.46. The number of hydrogen-bond acceptors (Lipinski definition) is 3. The zero-order valence-corrected chi connectivity index (χ0v) is 12.7. The van der Waals surface area contributed by atoms with Gasteiger partial charge in [0.05, 0.1) is 0 Å². The van der Waals surface area contributed by atoms with Crippen LogP contribution in [0.4, 0.5) is 5.69 Å². The molecule has 6 nitrogen and oxygen atoms in total. The Labute approximate surface area is 129 Å². The van der Waals surface area contributed by atoms with Crippen molar-refractivity contribution in [1.29, 1.82) is 0 Å². The van der Waals surface area contributed by atoms with Crippen molar-refractivity contribution >= 4 is 23.5 Å². The lowest BCUT2D eigenvalue weighted by atomic mass is 10.1. The van der Waals surface area contributed by atoms with Gasteiger partial charge in [-0.05, 0) is 37.1 Å². The summed E-state index contributed by atoms with van der Waals surface area (Å²) < 4.78 is 0. The number of anilines is 1. The maximum absolute atomic E-state index is 11.9. The summed E-state index contributed by atoms with van der Waals surface area (Å²) in [5, 5.41) is 14.0. The quantitative estimate of drug-likeness (QED) is 0.610. The number of carbonyl (C=O) groups is 3. The Morgan fingerprint density at radius 2 is 1.64 bits per heavy atom. The van der Waals surface area contributed by atoms with Crippen molar-refractivity contribution in [3.8, 4) is 0 Å². The van der Waals surface area contributed by atoms with E-state index in [0.29, 0.717) is 24.2 Å². The largest absolute Gasteiger partial charge is 0.481 e. The molecule has 0 atom stereocenters. The Balaban J connectivity index is 2.22. The second kappa shape index (κ2) is 9.55. The van der Waals surface area contributed by atoms with Crippen LogP contribution in [0, 0.1) is 0 Å². The second-order valence-corrected chi connectivity index (χ2v) is 5.07. The highest BCUT2D eigenvalue weighted by molar-refractivity contribution is 5.95. The average molecular weight is 306 g/mol. The molecule has 0 fully saturated rings. The van der Waals surface area contributed by atoms with Crippen molar-refractivity contribution in [3.05, 3.63) is 29.8 Å². The van der Waals surface area contributed by atoms with Gasteiger partial charge in [-0.2, -0.15) is 0 Å². The number of carbonyl (C=O) groups excluding carboxylic acids is 2. The molecule has 1 rings (SSSR count). The fourth-order valence-corrected chi connectivity index (χ4v) is 1.97. The third-order valence-corrected chi connectivity index (χ3v) is 3.07. The smallest absolute Gasteiger partial charge is 0.303 e. The normalized spacial score (nSPS) is 10.0. The van der Waals surface area contributed by atoms with Crippen LogP contribution in [0.2, 0.25) is 0 Å². The molecule has 120 valence electrons. The number of hydrogen-bond donors (Lipinski definition) is 3. The molecule has 22 heavy (non-hydrogen) atoms. The van der Waals surface area contributed by atoms with Gasteiger partial charge < -0.3 is 15.7 Å². The maximum Gasteiger partial charge on any atom is 0.303 e. The minimum Gasteiger partial charge on any atom is -0.481 e. The topological polar surface area (TPSA) is 95.5 Å². The van der Waals surface area contributed by atoms with E-state index in [1.807, 2.05) is 0 Å². The molecule has 0 radical (unpaired) electrons. The number of carboxylic acids is 1. The third kappa shape index (κ3) is 7.42. The van der Waals surface area contributed by atoms with Crippen LogP contribution in [0.15, 0.2) is 24.3 Å². The van der Waals surface area contributed by atoms with E-state index in [9.17, 15) is 14.4 Å². The summed E-state index contributed by atoms with van der Waals surface area (Å²) in [6, 6.07) is 6.69. The number of nitrogens with one attached hydrogen (secondary N) is 2. The minimum atomic E-state index is -0.768. The Kier molecular flexibility index (Phi) is 7.67. The van der Waals surface area contributed by atoms with Crippen molar-refractivity contribution in [2.75, 3.05) is 11.9 Å². The van der Waals surface area contributed by atoms with Crippen molar-refractivity contribution < 1.29 is 19.5 Å². The number of carboxylic acid groups (broad SMARTS) is 1. The van der Waals surface area contributed by atoms with E-state index in [2.05, 4.69) is 10.6 Å². The number of rotatable bonds is 9. The van der Waals surface area contributed by atoms with Crippen LogP contribution < -0.4 is 10.6 Å². The highest BCUT2D eigenvalue weighted by Gasteiger charge is 2.05. The van der Waals surface area contributed by atoms with E-state index in [-0.39, 0.29) is 18.2 Å². The fourth-order valence-electron chi connectivity index (χ4n) is 1.97. The monoisotopic (exact) mass is 306 g/mol. The molecule has 0 aliphatic carbocycles. The first-order valence-electron chi connectivity index (χ1n) is 7.36. The van der Waals surface area contributed by atoms with Gasteiger partial charge in [-0.3, -0.25) is 14.4 Å². The zero-order chi connectivity index (χ0) is 16.4. The van der Waals surface area contributed by atoms with E-state index in [0.717, 1.165) is 19.3 Å². The lowest BCUT2D eigenvalue weighted by molar-refractivity contribution is -0.137. The lowest BCUT2D eigenvalue weighted by Gasteiger charge is -2.06. The SMILES string of the molecule is CC(=O)Nc1ccc(C(=O)NCCCCCCC(=O)O)cc1. The number of amides is 2. The molecule has 1 aromatic carbocycles. The van der Waals surface area contributed by atoms with Gasteiger partial charge in [0.1, 0.15) is 0 Å². The predicted octanol–water partition coefficient (Wildman–Crippen LogP) is 2.41. The summed E-state index contributed by atoms with van der Waals surface area (Å²) in [5.74, 6) is -1.07. The van der Waals surface area contributed by atoms with Gasteiger partial charge in [0.15, 0.2) is 0 Å². The Morgan fingerprint density at radius 1 is 1.00 bits per heavy atom. The van der Waals surface area contributed by atoms with E-state index in [1.165, 1.54) is 6.92 Å². The number of unbranched alkanes of at least 4 members (excludes halogenated alkanes) is 3. The first-order valence-corrected chi connectivity index (χ1v) is 7.36. The van der Waals surface area contributed by atoms with Gasteiger partial charge in [-0.1, -0.05) is 12.8 Å². The summed E-state index contributed by atoms with van der Waals surface area (Å²) in [4.78, 5) is 33.1.